The van der Waals surface area contributed by atoms with Crippen LogP contribution in [0.15, 0.2) is 0 Å². The maximum absolute atomic E-state index is 4.26. The van der Waals surface area contributed by atoms with Crippen LogP contribution in [0.3, 0.4) is 0 Å². The molecule has 0 spiro atoms. The van der Waals surface area contributed by atoms with E-state index in [1.54, 1.807) is 7.05 Å². The molecular formula is C13H27N5. The second kappa shape index (κ2) is 6.27. The number of tetrazole rings is 1. The molecule has 0 saturated carbocycles. The fraction of sp³-hybridized carbons (Fsp3) is 0.923. The van der Waals surface area contributed by atoms with Gasteiger partial charge in [0.05, 0.1) is 7.05 Å². The Kier molecular flexibility index (Phi) is 5.26. The molecule has 0 aromatic carbocycles. The Morgan fingerprint density at radius 3 is 2.44 bits per heavy atom. The van der Waals surface area contributed by atoms with Crippen LogP contribution >= 0.6 is 0 Å². The third-order valence-electron chi connectivity index (χ3n) is 3.59. The van der Waals surface area contributed by atoms with Crippen molar-refractivity contribution in [3.8, 4) is 0 Å². The van der Waals surface area contributed by atoms with Gasteiger partial charge in [0.15, 0.2) is 5.82 Å². The van der Waals surface area contributed by atoms with Crippen LogP contribution in [0, 0.1) is 11.3 Å². The quantitative estimate of drug-likeness (QED) is 0.840. The van der Waals surface area contributed by atoms with E-state index in [1.165, 1.54) is 4.80 Å². The van der Waals surface area contributed by atoms with Gasteiger partial charge in [-0.2, -0.15) is 4.80 Å². The van der Waals surface area contributed by atoms with Gasteiger partial charge in [-0.3, -0.25) is 0 Å². The summed E-state index contributed by atoms with van der Waals surface area (Å²) in [6, 6.07) is 0.424. The van der Waals surface area contributed by atoms with Gasteiger partial charge in [-0.1, -0.05) is 34.6 Å². The molecule has 0 saturated heterocycles. The monoisotopic (exact) mass is 253 g/mol. The summed E-state index contributed by atoms with van der Waals surface area (Å²) in [6.45, 7) is 12.3. The lowest BCUT2D eigenvalue weighted by atomic mass is 9.78. The first-order chi connectivity index (χ1) is 8.32. The average molecular weight is 253 g/mol. The summed E-state index contributed by atoms with van der Waals surface area (Å²) in [5.74, 6) is 1.47. The Labute approximate surface area is 110 Å². The highest BCUT2D eigenvalue weighted by Gasteiger charge is 2.24. The summed E-state index contributed by atoms with van der Waals surface area (Å²) < 4.78 is 0. The third-order valence-corrected chi connectivity index (χ3v) is 3.59. The molecule has 1 heterocycles. The molecule has 5 nitrogen and oxygen atoms in total. The lowest BCUT2D eigenvalue weighted by Gasteiger charge is -2.30. The van der Waals surface area contributed by atoms with E-state index in [1.807, 2.05) is 0 Å². The van der Waals surface area contributed by atoms with Crippen molar-refractivity contribution in [3.05, 3.63) is 5.82 Å². The Balaban J connectivity index is 2.60. The van der Waals surface area contributed by atoms with Gasteiger partial charge >= 0.3 is 0 Å². The summed E-state index contributed by atoms with van der Waals surface area (Å²) in [5.41, 5.74) is 0.337. The second-order valence-corrected chi connectivity index (χ2v) is 6.16. The number of nitrogens with zero attached hydrogens (tertiary/aromatic N) is 4. The minimum atomic E-state index is 0.337. The molecule has 0 aliphatic heterocycles. The van der Waals surface area contributed by atoms with E-state index in [2.05, 4.69) is 55.3 Å². The van der Waals surface area contributed by atoms with Crippen LogP contribution in [-0.4, -0.2) is 32.8 Å². The minimum absolute atomic E-state index is 0.337. The number of hydrogen-bond donors (Lipinski definition) is 1. The topological polar surface area (TPSA) is 55.6 Å². The van der Waals surface area contributed by atoms with E-state index in [4.69, 9.17) is 0 Å². The molecule has 18 heavy (non-hydrogen) atoms. The van der Waals surface area contributed by atoms with Crippen LogP contribution < -0.4 is 5.32 Å². The average Bonchev–Trinajstić information content (AvgIpc) is 2.62. The smallest absolute Gasteiger partial charge is 0.176 e. The van der Waals surface area contributed by atoms with Crippen molar-refractivity contribution in [1.82, 2.24) is 25.5 Å². The Morgan fingerprint density at radius 2 is 2.00 bits per heavy atom. The van der Waals surface area contributed by atoms with E-state index in [0.717, 1.165) is 25.2 Å². The first-order valence-electron chi connectivity index (χ1n) is 6.79. The van der Waals surface area contributed by atoms with Gasteiger partial charge in [0, 0.05) is 12.5 Å². The lowest BCUT2D eigenvalue weighted by Crippen LogP contribution is -2.35. The lowest BCUT2D eigenvalue weighted by molar-refractivity contribution is 0.222. The van der Waals surface area contributed by atoms with Crippen molar-refractivity contribution in [2.45, 2.75) is 53.5 Å². The molecule has 1 aromatic heterocycles. The predicted molar refractivity (Wildman–Crippen MR) is 73.2 cm³/mol. The summed E-state index contributed by atoms with van der Waals surface area (Å²) in [6.07, 6.45) is 1.98. The molecule has 2 unspecified atom stereocenters. The number of aryl methyl sites for hydroxylation is 1. The molecule has 1 aromatic rings. The molecule has 1 N–H and O–H groups in total. The third kappa shape index (κ3) is 4.72. The van der Waals surface area contributed by atoms with Crippen LogP contribution in [0.4, 0.5) is 0 Å². The van der Waals surface area contributed by atoms with Crippen LogP contribution in [0.25, 0.3) is 0 Å². The fourth-order valence-corrected chi connectivity index (χ4v) is 1.93. The van der Waals surface area contributed by atoms with Gasteiger partial charge in [-0.25, -0.2) is 0 Å². The van der Waals surface area contributed by atoms with Crippen molar-refractivity contribution >= 4 is 0 Å². The molecule has 1 rings (SSSR count). The first kappa shape index (κ1) is 15.1. The summed E-state index contributed by atoms with van der Waals surface area (Å²) in [4.78, 5) is 1.52. The molecule has 0 aliphatic carbocycles. The fourth-order valence-electron chi connectivity index (χ4n) is 1.93. The largest absolute Gasteiger partial charge is 0.314 e. The summed E-state index contributed by atoms with van der Waals surface area (Å²) in [5, 5.41) is 15.7. The van der Waals surface area contributed by atoms with Crippen LogP contribution in [-0.2, 0) is 13.5 Å². The molecule has 5 heteroatoms. The van der Waals surface area contributed by atoms with Crippen LogP contribution in [0.1, 0.15) is 46.9 Å². The molecule has 104 valence electrons. The van der Waals surface area contributed by atoms with E-state index in [0.29, 0.717) is 17.4 Å². The van der Waals surface area contributed by atoms with Gasteiger partial charge in [-0.05, 0) is 29.5 Å². The predicted octanol–water partition coefficient (Wildman–Crippen LogP) is 1.80. The van der Waals surface area contributed by atoms with Crippen molar-refractivity contribution in [3.63, 3.8) is 0 Å². The highest BCUT2D eigenvalue weighted by molar-refractivity contribution is 4.86. The molecule has 0 radical (unpaired) electrons. The molecular weight excluding hydrogens is 226 g/mol. The van der Waals surface area contributed by atoms with Crippen molar-refractivity contribution in [2.24, 2.45) is 18.4 Å². The zero-order valence-electron chi connectivity index (χ0n) is 12.6. The van der Waals surface area contributed by atoms with Gasteiger partial charge in [-0.15, -0.1) is 10.2 Å². The zero-order valence-corrected chi connectivity index (χ0v) is 12.6. The maximum atomic E-state index is 4.26. The van der Waals surface area contributed by atoms with E-state index in [9.17, 15) is 0 Å². The van der Waals surface area contributed by atoms with E-state index >= 15 is 0 Å². The van der Waals surface area contributed by atoms with Crippen molar-refractivity contribution in [2.75, 3.05) is 6.54 Å². The van der Waals surface area contributed by atoms with Crippen LogP contribution in [0.5, 0.6) is 0 Å². The van der Waals surface area contributed by atoms with E-state index in [-0.39, 0.29) is 0 Å². The van der Waals surface area contributed by atoms with Crippen LogP contribution in [0.2, 0.25) is 0 Å². The molecule has 2 atom stereocenters. The van der Waals surface area contributed by atoms with Gasteiger partial charge in [0.1, 0.15) is 0 Å². The molecule has 0 fully saturated rings. The minimum Gasteiger partial charge on any atom is -0.314 e. The Bertz CT molecular complexity index is 353. The summed E-state index contributed by atoms with van der Waals surface area (Å²) in [7, 11) is 1.80. The highest BCUT2D eigenvalue weighted by atomic mass is 15.6. The Hall–Kier alpha value is -0.970. The normalized spacial score (nSPS) is 15.7. The van der Waals surface area contributed by atoms with Gasteiger partial charge in [0.25, 0.3) is 0 Å². The molecule has 0 aliphatic rings. The first-order valence-corrected chi connectivity index (χ1v) is 6.79. The van der Waals surface area contributed by atoms with Gasteiger partial charge in [0.2, 0.25) is 0 Å². The number of likely N-dealkylation sites (N-methyl/N-ethyl adjacent to an activating group) is 1. The number of rotatable bonds is 6. The van der Waals surface area contributed by atoms with Crippen molar-refractivity contribution < 1.29 is 0 Å². The van der Waals surface area contributed by atoms with E-state index < -0.39 is 0 Å². The van der Waals surface area contributed by atoms with Crippen molar-refractivity contribution in [1.29, 1.82) is 0 Å². The van der Waals surface area contributed by atoms with Gasteiger partial charge < -0.3 is 5.32 Å². The summed E-state index contributed by atoms with van der Waals surface area (Å²) >= 11 is 0. The highest BCUT2D eigenvalue weighted by Crippen LogP contribution is 2.29. The zero-order chi connectivity index (χ0) is 13.8. The number of nitrogens with one attached hydrogen (secondary N) is 1. The SMILES string of the molecule is CCNC(Cc1nnn(C)n1)CC(C)C(C)(C)C. The maximum Gasteiger partial charge on any atom is 0.176 e. The standard InChI is InChI=1S/C13H27N5/c1-7-14-11(8-10(2)13(3,4)5)9-12-15-17-18(6)16-12/h10-11,14H,7-9H2,1-6H3. The molecule has 0 bridgehead atoms. The number of aromatic nitrogens is 4. The second-order valence-electron chi connectivity index (χ2n) is 6.16. The number of hydrogen-bond acceptors (Lipinski definition) is 4. The molecule has 0 amide bonds. The Morgan fingerprint density at radius 1 is 1.33 bits per heavy atom.